The van der Waals surface area contributed by atoms with Crippen molar-refractivity contribution in [3.63, 3.8) is 0 Å². The predicted molar refractivity (Wildman–Crippen MR) is 116 cm³/mol. The van der Waals surface area contributed by atoms with Gasteiger partial charge in [0.2, 0.25) is 0 Å². The maximum absolute atomic E-state index is 12.9. The normalized spacial score (nSPS) is 16.5. The van der Waals surface area contributed by atoms with Crippen LogP contribution in [0, 0.1) is 0 Å². The van der Waals surface area contributed by atoms with Gasteiger partial charge in [-0.1, -0.05) is 49.1 Å². The van der Waals surface area contributed by atoms with Crippen molar-refractivity contribution in [3.05, 3.63) is 64.2 Å². The number of amides is 4. The van der Waals surface area contributed by atoms with E-state index in [4.69, 9.17) is 11.6 Å². The molecule has 0 radical (unpaired) electrons. The summed E-state index contributed by atoms with van der Waals surface area (Å²) in [6.07, 6.45) is 5.58. The molecule has 0 unspecified atom stereocenters. The fourth-order valence-electron chi connectivity index (χ4n) is 4.20. The number of carbonyl (C=O) groups excluding carboxylic acids is 3. The zero-order valence-electron chi connectivity index (χ0n) is 16.6. The summed E-state index contributed by atoms with van der Waals surface area (Å²) in [6, 6.07) is 12.0. The Morgan fingerprint density at radius 2 is 1.73 bits per heavy atom. The zero-order chi connectivity index (χ0) is 21.1. The number of nitrogens with zero attached hydrogens (tertiary/aromatic N) is 1. The third-order valence-corrected chi connectivity index (χ3v) is 6.12. The molecule has 1 heterocycles. The number of nitrogens with one attached hydrogen (secondary N) is 2. The second-order valence-corrected chi connectivity index (χ2v) is 8.16. The molecule has 0 saturated heterocycles. The number of rotatable bonds is 5. The van der Waals surface area contributed by atoms with Crippen molar-refractivity contribution in [1.82, 2.24) is 10.2 Å². The maximum atomic E-state index is 12.9. The number of halogens is 1. The minimum atomic E-state index is -0.372. The first-order valence-corrected chi connectivity index (χ1v) is 10.7. The first-order valence-electron chi connectivity index (χ1n) is 10.3. The Morgan fingerprint density at radius 1 is 1.00 bits per heavy atom. The smallest absolute Gasteiger partial charge is 0.319 e. The molecule has 0 bridgehead atoms. The lowest BCUT2D eigenvalue weighted by Crippen LogP contribution is -2.40. The van der Waals surface area contributed by atoms with Gasteiger partial charge < -0.3 is 10.6 Å². The highest BCUT2D eigenvalue weighted by atomic mass is 35.5. The molecule has 6 nitrogen and oxygen atoms in total. The second kappa shape index (κ2) is 8.88. The predicted octanol–water partition coefficient (Wildman–Crippen LogP) is 4.63. The molecule has 0 aromatic heterocycles. The van der Waals surface area contributed by atoms with Crippen LogP contribution in [0.2, 0.25) is 5.02 Å². The fourth-order valence-corrected chi connectivity index (χ4v) is 4.43. The van der Waals surface area contributed by atoms with Crippen LogP contribution in [0.15, 0.2) is 42.5 Å². The van der Waals surface area contributed by atoms with Crippen LogP contribution in [-0.4, -0.2) is 35.3 Å². The molecular formula is C23H24ClN3O3. The molecule has 4 amide bonds. The lowest BCUT2D eigenvalue weighted by Gasteiger charge is -2.29. The number of anilines is 1. The molecule has 0 atom stereocenters. The quantitative estimate of drug-likeness (QED) is 0.685. The minimum Gasteiger partial charge on any atom is -0.338 e. The van der Waals surface area contributed by atoms with Gasteiger partial charge in [0.25, 0.3) is 11.8 Å². The minimum absolute atomic E-state index is 0.0179. The maximum Gasteiger partial charge on any atom is 0.319 e. The Morgan fingerprint density at radius 3 is 2.50 bits per heavy atom. The number of benzene rings is 2. The third kappa shape index (κ3) is 4.19. The van der Waals surface area contributed by atoms with Gasteiger partial charge in [-0.05, 0) is 49.1 Å². The van der Waals surface area contributed by atoms with Crippen LogP contribution in [0.25, 0.3) is 0 Å². The molecule has 2 N–H and O–H groups in total. The standard InChI is InChI=1S/C23H24ClN3O3/c24-20-9-5-4-6-15(20)12-13-25-23(30)26-16-10-11-18-19(14-16)22(29)27(21(18)28)17-7-2-1-3-8-17/h4-6,9-11,14,17H,1-3,7-8,12-13H2,(H2,25,26,30). The van der Waals surface area contributed by atoms with Crippen molar-refractivity contribution in [3.8, 4) is 0 Å². The molecule has 156 valence electrons. The number of fused-ring (bicyclic) bond motifs is 1. The van der Waals surface area contributed by atoms with Gasteiger partial charge >= 0.3 is 6.03 Å². The van der Waals surface area contributed by atoms with Gasteiger partial charge in [0.1, 0.15) is 0 Å². The molecule has 7 heteroatoms. The summed E-state index contributed by atoms with van der Waals surface area (Å²) in [5.74, 6) is -0.484. The monoisotopic (exact) mass is 425 g/mol. The summed E-state index contributed by atoms with van der Waals surface area (Å²) in [5.41, 5.74) is 2.22. The molecular weight excluding hydrogens is 402 g/mol. The van der Waals surface area contributed by atoms with Crippen LogP contribution >= 0.6 is 11.6 Å². The number of imide groups is 1. The van der Waals surface area contributed by atoms with Crippen molar-refractivity contribution >= 4 is 35.1 Å². The van der Waals surface area contributed by atoms with E-state index in [1.54, 1.807) is 18.2 Å². The van der Waals surface area contributed by atoms with E-state index in [-0.39, 0.29) is 23.9 Å². The molecule has 0 spiro atoms. The summed E-state index contributed by atoms with van der Waals surface area (Å²) in [7, 11) is 0. The van der Waals surface area contributed by atoms with Gasteiger partial charge in [-0.3, -0.25) is 14.5 Å². The van der Waals surface area contributed by atoms with Crippen LogP contribution in [0.5, 0.6) is 0 Å². The van der Waals surface area contributed by atoms with E-state index in [1.807, 2.05) is 24.3 Å². The molecule has 2 aliphatic rings. The third-order valence-electron chi connectivity index (χ3n) is 5.75. The Kier molecular flexibility index (Phi) is 6.04. The van der Waals surface area contributed by atoms with Crippen LogP contribution in [0.1, 0.15) is 58.4 Å². The number of carbonyl (C=O) groups is 3. The fraction of sp³-hybridized carbons (Fsp3) is 0.348. The van der Waals surface area contributed by atoms with E-state index in [1.165, 1.54) is 4.90 Å². The summed E-state index contributed by atoms with van der Waals surface area (Å²) in [6.45, 7) is 0.424. The molecule has 1 aliphatic heterocycles. The van der Waals surface area contributed by atoms with E-state index in [0.717, 1.165) is 37.7 Å². The number of urea groups is 1. The lowest BCUT2D eigenvalue weighted by atomic mass is 9.94. The summed E-state index contributed by atoms with van der Waals surface area (Å²) in [4.78, 5) is 39.2. The molecule has 1 saturated carbocycles. The zero-order valence-corrected chi connectivity index (χ0v) is 17.4. The summed E-state index contributed by atoms with van der Waals surface area (Å²) < 4.78 is 0. The van der Waals surface area contributed by atoms with Crippen LogP contribution in [0.4, 0.5) is 10.5 Å². The molecule has 2 aromatic carbocycles. The highest BCUT2D eigenvalue weighted by Crippen LogP contribution is 2.32. The highest BCUT2D eigenvalue weighted by Gasteiger charge is 2.40. The van der Waals surface area contributed by atoms with Crippen LogP contribution in [-0.2, 0) is 6.42 Å². The summed E-state index contributed by atoms with van der Waals surface area (Å²) >= 11 is 6.12. The van der Waals surface area contributed by atoms with Crippen molar-refractivity contribution < 1.29 is 14.4 Å². The van der Waals surface area contributed by atoms with Crippen LogP contribution < -0.4 is 10.6 Å². The molecule has 2 aromatic rings. The highest BCUT2D eigenvalue weighted by molar-refractivity contribution is 6.31. The van der Waals surface area contributed by atoms with Crippen LogP contribution in [0.3, 0.4) is 0 Å². The van der Waals surface area contributed by atoms with E-state index < -0.39 is 0 Å². The van der Waals surface area contributed by atoms with Crippen molar-refractivity contribution in [2.45, 2.75) is 44.6 Å². The van der Waals surface area contributed by atoms with Crippen molar-refractivity contribution in [2.24, 2.45) is 0 Å². The van der Waals surface area contributed by atoms with Gasteiger partial charge in [-0.2, -0.15) is 0 Å². The molecule has 1 aliphatic carbocycles. The van der Waals surface area contributed by atoms with Gasteiger partial charge in [0.15, 0.2) is 0 Å². The second-order valence-electron chi connectivity index (χ2n) is 7.75. The lowest BCUT2D eigenvalue weighted by molar-refractivity contribution is 0.0549. The van der Waals surface area contributed by atoms with E-state index in [9.17, 15) is 14.4 Å². The average Bonchev–Trinajstić information content (AvgIpc) is 3.00. The first kappa shape index (κ1) is 20.4. The Bertz CT molecular complexity index is 985. The number of hydrogen-bond acceptors (Lipinski definition) is 3. The molecule has 1 fully saturated rings. The number of hydrogen-bond donors (Lipinski definition) is 2. The van der Waals surface area contributed by atoms with Crippen molar-refractivity contribution in [2.75, 3.05) is 11.9 Å². The van der Waals surface area contributed by atoms with Gasteiger partial charge in [0.05, 0.1) is 11.1 Å². The first-order chi connectivity index (χ1) is 14.5. The Labute approximate surface area is 180 Å². The summed E-state index contributed by atoms with van der Waals surface area (Å²) in [5, 5.41) is 6.19. The van der Waals surface area contributed by atoms with Gasteiger partial charge in [-0.15, -0.1) is 0 Å². The van der Waals surface area contributed by atoms with E-state index >= 15 is 0 Å². The van der Waals surface area contributed by atoms with E-state index in [0.29, 0.717) is 34.8 Å². The SMILES string of the molecule is O=C(NCCc1ccccc1Cl)Nc1ccc2c(c1)C(=O)N(C1CCCCC1)C2=O. The van der Waals surface area contributed by atoms with Crippen molar-refractivity contribution in [1.29, 1.82) is 0 Å². The van der Waals surface area contributed by atoms with Gasteiger partial charge in [0, 0.05) is 23.3 Å². The molecule has 4 rings (SSSR count). The Balaban J connectivity index is 1.37. The Hall–Kier alpha value is -2.86. The largest absolute Gasteiger partial charge is 0.338 e. The topological polar surface area (TPSA) is 78.5 Å². The van der Waals surface area contributed by atoms with Gasteiger partial charge in [-0.25, -0.2) is 4.79 Å². The average molecular weight is 426 g/mol. The van der Waals surface area contributed by atoms with E-state index in [2.05, 4.69) is 10.6 Å². The molecule has 30 heavy (non-hydrogen) atoms.